The summed E-state index contributed by atoms with van der Waals surface area (Å²) in [7, 11) is 0. The molecule has 1 aliphatic rings. The van der Waals surface area contributed by atoms with Crippen LogP contribution in [0, 0.1) is 0 Å². The van der Waals surface area contributed by atoms with Crippen molar-refractivity contribution in [1.29, 1.82) is 0 Å². The van der Waals surface area contributed by atoms with E-state index in [1.165, 1.54) is 12.1 Å². The largest absolute Gasteiger partial charge is 0.480 e. The Morgan fingerprint density at radius 2 is 2.09 bits per heavy atom. The van der Waals surface area contributed by atoms with Crippen molar-refractivity contribution >= 4 is 5.91 Å². The van der Waals surface area contributed by atoms with Gasteiger partial charge in [-0.1, -0.05) is 30.3 Å². The van der Waals surface area contributed by atoms with E-state index in [1.54, 1.807) is 12.1 Å². The van der Waals surface area contributed by atoms with Crippen molar-refractivity contribution in [1.82, 2.24) is 5.32 Å². The fourth-order valence-corrected chi connectivity index (χ4v) is 2.46. The highest BCUT2D eigenvalue weighted by Gasteiger charge is 2.28. The number of hydrogen-bond donors (Lipinski definition) is 1. The van der Waals surface area contributed by atoms with Gasteiger partial charge in [-0.25, -0.2) is 0 Å². The van der Waals surface area contributed by atoms with E-state index in [0.717, 1.165) is 11.3 Å². The van der Waals surface area contributed by atoms with E-state index in [4.69, 9.17) is 4.74 Å². The Morgan fingerprint density at radius 1 is 1.26 bits per heavy atom. The Labute approximate surface area is 132 Å². The minimum atomic E-state index is -2.87. The zero-order chi connectivity index (χ0) is 16.2. The van der Waals surface area contributed by atoms with Gasteiger partial charge in [0.1, 0.15) is 11.5 Å². The van der Waals surface area contributed by atoms with Gasteiger partial charge >= 0.3 is 6.61 Å². The number of carbonyl (C=O) groups is 1. The summed E-state index contributed by atoms with van der Waals surface area (Å²) < 4.78 is 34.3. The van der Waals surface area contributed by atoms with Crippen LogP contribution in [0.2, 0.25) is 0 Å². The lowest BCUT2D eigenvalue weighted by Crippen LogP contribution is -2.37. The smallest absolute Gasteiger partial charge is 0.387 e. The van der Waals surface area contributed by atoms with Gasteiger partial charge in [-0.15, -0.1) is 0 Å². The molecule has 3 rings (SSSR count). The molecule has 0 aromatic heterocycles. The molecular formula is C17H15F2NO3. The number of nitrogens with one attached hydrogen (secondary N) is 1. The SMILES string of the molecule is O=C(NCc1cccc(OC(F)F)c1)C1Cc2ccccc2O1. The van der Waals surface area contributed by atoms with Gasteiger partial charge in [0.25, 0.3) is 5.91 Å². The highest BCUT2D eigenvalue weighted by atomic mass is 19.3. The van der Waals surface area contributed by atoms with Gasteiger partial charge < -0.3 is 14.8 Å². The van der Waals surface area contributed by atoms with Crippen molar-refractivity contribution in [3.05, 3.63) is 59.7 Å². The third-order valence-electron chi connectivity index (χ3n) is 3.53. The number of fused-ring (bicyclic) bond motifs is 1. The first kappa shape index (κ1) is 15.3. The maximum absolute atomic E-state index is 12.2. The zero-order valence-electron chi connectivity index (χ0n) is 12.2. The molecule has 2 aromatic rings. The number of ether oxygens (including phenoxy) is 2. The third kappa shape index (κ3) is 3.77. The maximum Gasteiger partial charge on any atom is 0.387 e. The van der Waals surface area contributed by atoms with Crippen molar-refractivity contribution in [2.45, 2.75) is 25.7 Å². The summed E-state index contributed by atoms with van der Waals surface area (Å²) in [5.41, 5.74) is 1.67. The monoisotopic (exact) mass is 319 g/mol. The van der Waals surface area contributed by atoms with E-state index in [2.05, 4.69) is 10.1 Å². The quantitative estimate of drug-likeness (QED) is 0.922. The van der Waals surface area contributed by atoms with E-state index in [-0.39, 0.29) is 18.2 Å². The summed E-state index contributed by atoms with van der Waals surface area (Å²) in [5, 5.41) is 2.75. The van der Waals surface area contributed by atoms with E-state index >= 15 is 0 Å². The fraction of sp³-hybridized carbons (Fsp3) is 0.235. The van der Waals surface area contributed by atoms with E-state index in [1.807, 2.05) is 24.3 Å². The molecule has 120 valence electrons. The highest BCUT2D eigenvalue weighted by Crippen LogP contribution is 2.28. The van der Waals surface area contributed by atoms with Crippen LogP contribution in [0.5, 0.6) is 11.5 Å². The van der Waals surface area contributed by atoms with Crippen LogP contribution in [0.4, 0.5) is 8.78 Å². The fourth-order valence-electron chi connectivity index (χ4n) is 2.46. The van der Waals surface area contributed by atoms with Crippen LogP contribution >= 0.6 is 0 Å². The molecule has 1 amide bonds. The average molecular weight is 319 g/mol. The molecule has 0 spiro atoms. The molecular weight excluding hydrogens is 304 g/mol. The minimum Gasteiger partial charge on any atom is -0.480 e. The van der Waals surface area contributed by atoms with Crippen LogP contribution in [0.25, 0.3) is 0 Å². The van der Waals surface area contributed by atoms with Crippen molar-refractivity contribution in [2.75, 3.05) is 0 Å². The summed E-state index contributed by atoms with van der Waals surface area (Å²) in [6.45, 7) is -2.65. The third-order valence-corrected chi connectivity index (χ3v) is 3.53. The second-order valence-electron chi connectivity index (χ2n) is 5.16. The van der Waals surface area contributed by atoms with Crippen LogP contribution in [-0.4, -0.2) is 18.6 Å². The Bertz CT molecular complexity index is 681. The molecule has 0 aliphatic carbocycles. The number of carbonyl (C=O) groups excluding carboxylic acids is 1. The van der Waals surface area contributed by atoms with Crippen molar-refractivity contribution in [3.8, 4) is 11.5 Å². The number of amides is 1. The summed E-state index contributed by atoms with van der Waals surface area (Å²) in [6, 6.07) is 13.7. The minimum absolute atomic E-state index is 0.0660. The first-order chi connectivity index (χ1) is 11.1. The molecule has 0 bridgehead atoms. The van der Waals surface area contributed by atoms with Crippen molar-refractivity contribution < 1.29 is 23.0 Å². The Hall–Kier alpha value is -2.63. The number of hydrogen-bond acceptors (Lipinski definition) is 3. The molecule has 0 saturated heterocycles. The predicted octanol–water partition coefficient (Wildman–Crippen LogP) is 2.91. The first-order valence-corrected chi connectivity index (χ1v) is 7.18. The van der Waals surface area contributed by atoms with E-state index in [0.29, 0.717) is 12.0 Å². The van der Waals surface area contributed by atoms with Gasteiger partial charge in [0.15, 0.2) is 6.10 Å². The lowest BCUT2D eigenvalue weighted by molar-refractivity contribution is -0.127. The van der Waals surface area contributed by atoms with Crippen LogP contribution in [0.15, 0.2) is 48.5 Å². The summed E-state index contributed by atoms with van der Waals surface area (Å²) in [6.07, 6.45) is -0.0378. The lowest BCUT2D eigenvalue weighted by Gasteiger charge is -2.12. The topological polar surface area (TPSA) is 47.6 Å². The van der Waals surface area contributed by atoms with Gasteiger partial charge in [0.05, 0.1) is 0 Å². The zero-order valence-corrected chi connectivity index (χ0v) is 12.2. The summed E-state index contributed by atoms with van der Waals surface area (Å²) >= 11 is 0. The predicted molar refractivity (Wildman–Crippen MR) is 79.5 cm³/mol. The normalized spacial score (nSPS) is 15.9. The standard InChI is InChI=1S/C17H15F2NO3/c18-17(19)22-13-6-3-4-11(8-13)10-20-16(21)15-9-12-5-1-2-7-14(12)23-15/h1-8,15,17H,9-10H2,(H,20,21). The maximum atomic E-state index is 12.2. The molecule has 4 nitrogen and oxygen atoms in total. The molecule has 0 radical (unpaired) electrons. The molecule has 0 fully saturated rings. The molecule has 6 heteroatoms. The number of para-hydroxylation sites is 1. The van der Waals surface area contributed by atoms with Crippen LogP contribution in [-0.2, 0) is 17.8 Å². The van der Waals surface area contributed by atoms with E-state index < -0.39 is 12.7 Å². The lowest BCUT2D eigenvalue weighted by atomic mass is 10.1. The Morgan fingerprint density at radius 3 is 2.87 bits per heavy atom. The van der Waals surface area contributed by atoms with Gasteiger partial charge in [-0.05, 0) is 29.3 Å². The van der Waals surface area contributed by atoms with Gasteiger partial charge in [-0.3, -0.25) is 4.79 Å². The van der Waals surface area contributed by atoms with Crippen LogP contribution in [0.1, 0.15) is 11.1 Å². The van der Waals surface area contributed by atoms with Crippen molar-refractivity contribution in [2.24, 2.45) is 0 Å². The molecule has 23 heavy (non-hydrogen) atoms. The second kappa shape index (κ2) is 6.64. The average Bonchev–Trinajstić information content (AvgIpc) is 2.96. The molecule has 2 aromatic carbocycles. The van der Waals surface area contributed by atoms with Crippen molar-refractivity contribution in [3.63, 3.8) is 0 Å². The summed E-state index contributed by atoms with van der Waals surface area (Å²) in [4.78, 5) is 12.2. The first-order valence-electron chi connectivity index (χ1n) is 7.18. The molecule has 1 aliphatic heterocycles. The second-order valence-corrected chi connectivity index (χ2v) is 5.16. The molecule has 1 heterocycles. The molecule has 1 N–H and O–H groups in total. The number of halogens is 2. The Balaban J connectivity index is 1.56. The van der Waals surface area contributed by atoms with Gasteiger partial charge in [0.2, 0.25) is 0 Å². The summed E-state index contributed by atoms with van der Waals surface area (Å²) in [5.74, 6) is 0.553. The molecule has 1 unspecified atom stereocenters. The number of benzene rings is 2. The van der Waals surface area contributed by atoms with Crippen LogP contribution < -0.4 is 14.8 Å². The van der Waals surface area contributed by atoms with Crippen LogP contribution in [0.3, 0.4) is 0 Å². The number of alkyl halides is 2. The molecule has 1 atom stereocenters. The van der Waals surface area contributed by atoms with Gasteiger partial charge in [0, 0.05) is 13.0 Å². The molecule has 0 saturated carbocycles. The number of rotatable bonds is 5. The van der Waals surface area contributed by atoms with E-state index in [9.17, 15) is 13.6 Å². The van der Waals surface area contributed by atoms with Gasteiger partial charge in [-0.2, -0.15) is 8.78 Å². The Kier molecular flexibility index (Phi) is 4.41. The highest BCUT2D eigenvalue weighted by molar-refractivity contribution is 5.82.